The van der Waals surface area contributed by atoms with Crippen LogP contribution in [0.5, 0.6) is 5.75 Å². The Morgan fingerprint density at radius 2 is 1.72 bits per heavy atom. The van der Waals surface area contributed by atoms with E-state index in [9.17, 15) is 15.0 Å². The van der Waals surface area contributed by atoms with Crippen LogP contribution in [0.15, 0.2) is 69.9 Å². The zero-order chi connectivity index (χ0) is 20.5. The molecule has 0 spiro atoms. The minimum absolute atomic E-state index is 0.107. The average molecular weight is 447 g/mol. The van der Waals surface area contributed by atoms with Gasteiger partial charge in [0.15, 0.2) is 0 Å². The molecule has 2 N–H and O–H groups in total. The number of fused-ring (bicyclic) bond motifs is 1. The fourth-order valence-electron chi connectivity index (χ4n) is 3.39. The number of thiophene rings is 1. The maximum absolute atomic E-state index is 12.8. The monoisotopic (exact) mass is 446 g/mol. The molecule has 2 aromatic carbocycles. The van der Waals surface area contributed by atoms with Gasteiger partial charge in [-0.15, -0.1) is 11.3 Å². The smallest absolute Gasteiger partial charge is 0.343 e. The summed E-state index contributed by atoms with van der Waals surface area (Å²) in [5.41, 5.74) is 0.431. The largest absolute Gasteiger partial charge is 0.507 e. The molecule has 0 radical (unpaired) electrons. The second-order valence-corrected chi connectivity index (χ2v) is 8.83. The Balaban J connectivity index is 1.82. The highest BCUT2D eigenvalue weighted by molar-refractivity contribution is 7.16. The van der Waals surface area contributed by atoms with Gasteiger partial charge in [0.2, 0.25) is 0 Å². The minimum Gasteiger partial charge on any atom is -0.507 e. The van der Waals surface area contributed by atoms with E-state index in [1.54, 1.807) is 60.7 Å². The van der Waals surface area contributed by atoms with Crippen molar-refractivity contribution in [2.24, 2.45) is 0 Å². The lowest BCUT2D eigenvalue weighted by Crippen LogP contribution is -2.16. The maximum atomic E-state index is 12.8. The molecule has 4 nitrogen and oxygen atoms in total. The standard InChI is InChI=1S/C22H16Cl2O4S/c23-13-7-5-12(6-8-13)16(25)11-15(18-9-10-19(24)29-18)20-21(26)14-3-1-2-4-17(14)28-22(20)27/h1-10,15-16,25-26H,11H2/t15-,16+/m0/s1. The van der Waals surface area contributed by atoms with Crippen molar-refractivity contribution in [2.75, 3.05) is 0 Å². The van der Waals surface area contributed by atoms with E-state index in [2.05, 4.69) is 0 Å². The number of halogens is 2. The highest BCUT2D eigenvalue weighted by Gasteiger charge is 2.28. The van der Waals surface area contributed by atoms with Gasteiger partial charge < -0.3 is 14.6 Å². The van der Waals surface area contributed by atoms with Crippen molar-refractivity contribution in [2.45, 2.75) is 18.4 Å². The van der Waals surface area contributed by atoms with Crippen LogP contribution in [-0.4, -0.2) is 10.2 Å². The summed E-state index contributed by atoms with van der Waals surface area (Å²) in [5, 5.41) is 22.7. The first kappa shape index (κ1) is 20.0. The molecule has 2 atom stereocenters. The number of hydrogen-bond acceptors (Lipinski definition) is 5. The predicted molar refractivity (Wildman–Crippen MR) is 116 cm³/mol. The Morgan fingerprint density at radius 3 is 2.41 bits per heavy atom. The van der Waals surface area contributed by atoms with E-state index in [-0.39, 0.29) is 17.7 Å². The Bertz CT molecular complexity index is 1210. The van der Waals surface area contributed by atoms with Gasteiger partial charge in [0, 0.05) is 15.8 Å². The molecular weight excluding hydrogens is 431 g/mol. The third kappa shape index (κ3) is 4.05. The molecule has 148 valence electrons. The van der Waals surface area contributed by atoms with Gasteiger partial charge in [0.1, 0.15) is 11.3 Å². The van der Waals surface area contributed by atoms with Gasteiger partial charge in [-0.3, -0.25) is 0 Å². The number of hydrogen-bond donors (Lipinski definition) is 2. The van der Waals surface area contributed by atoms with E-state index in [0.717, 1.165) is 4.88 Å². The second-order valence-electron chi connectivity index (χ2n) is 6.65. The molecule has 0 aliphatic heterocycles. The lowest BCUT2D eigenvalue weighted by molar-refractivity contribution is 0.161. The second kappa shape index (κ2) is 8.20. The summed E-state index contributed by atoms with van der Waals surface area (Å²) < 4.78 is 5.99. The fourth-order valence-corrected chi connectivity index (χ4v) is 4.70. The van der Waals surface area contributed by atoms with Gasteiger partial charge in [-0.2, -0.15) is 0 Å². The molecule has 2 heterocycles. The summed E-state index contributed by atoms with van der Waals surface area (Å²) in [5.74, 6) is -0.742. The third-order valence-corrected chi connectivity index (χ3v) is 6.42. The topological polar surface area (TPSA) is 70.7 Å². The number of para-hydroxylation sites is 1. The van der Waals surface area contributed by atoms with Crippen LogP contribution < -0.4 is 5.63 Å². The Morgan fingerprint density at radius 1 is 1.00 bits per heavy atom. The van der Waals surface area contributed by atoms with E-state index in [0.29, 0.717) is 25.9 Å². The van der Waals surface area contributed by atoms with Gasteiger partial charge in [-0.05, 0) is 48.4 Å². The number of aromatic hydroxyl groups is 1. The van der Waals surface area contributed by atoms with Crippen LogP contribution in [0, 0.1) is 0 Å². The number of aliphatic hydroxyl groups is 1. The third-order valence-electron chi connectivity index (χ3n) is 4.82. The average Bonchev–Trinajstić information content (AvgIpc) is 3.13. The normalized spacial score (nSPS) is 13.5. The van der Waals surface area contributed by atoms with Gasteiger partial charge in [-0.25, -0.2) is 4.79 Å². The first-order valence-electron chi connectivity index (χ1n) is 8.87. The summed E-state index contributed by atoms with van der Waals surface area (Å²) in [7, 11) is 0. The molecule has 0 saturated heterocycles. The van der Waals surface area contributed by atoms with Crippen molar-refractivity contribution in [1.82, 2.24) is 0 Å². The Hall–Kier alpha value is -2.31. The molecule has 0 amide bonds. The number of rotatable bonds is 5. The van der Waals surface area contributed by atoms with Crippen LogP contribution >= 0.6 is 34.5 Å². The van der Waals surface area contributed by atoms with Gasteiger partial charge in [0.25, 0.3) is 0 Å². The minimum atomic E-state index is -0.886. The molecule has 0 aliphatic rings. The number of aliphatic hydroxyl groups excluding tert-OH is 1. The van der Waals surface area contributed by atoms with Gasteiger partial charge in [0.05, 0.1) is 21.4 Å². The van der Waals surface area contributed by atoms with Gasteiger partial charge in [-0.1, -0.05) is 47.5 Å². The highest BCUT2D eigenvalue weighted by atomic mass is 35.5. The molecule has 0 saturated carbocycles. The van der Waals surface area contributed by atoms with Crippen LogP contribution in [0.3, 0.4) is 0 Å². The van der Waals surface area contributed by atoms with Crippen LogP contribution in [-0.2, 0) is 0 Å². The van der Waals surface area contributed by atoms with E-state index in [1.165, 1.54) is 11.3 Å². The maximum Gasteiger partial charge on any atom is 0.343 e. The Labute approximate surface area is 180 Å². The molecule has 0 fully saturated rings. The lowest BCUT2D eigenvalue weighted by atomic mass is 9.89. The molecule has 0 bridgehead atoms. The summed E-state index contributed by atoms with van der Waals surface area (Å²) in [6, 6.07) is 17.2. The molecule has 7 heteroatoms. The molecule has 4 aromatic rings. The molecular formula is C22H16Cl2O4S. The summed E-state index contributed by atoms with van der Waals surface area (Å²) in [6.07, 6.45) is -0.724. The van der Waals surface area contributed by atoms with Crippen molar-refractivity contribution in [3.05, 3.63) is 96.4 Å². The lowest BCUT2D eigenvalue weighted by Gasteiger charge is -2.20. The van der Waals surface area contributed by atoms with E-state index in [1.807, 2.05) is 0 Å². The molecule has 2 aromatic heterocycles. The zero-order valence-corrected chi connectivity index (χ0v) is 17.3. The molecule has 29 heavy (non-hydrogen) atoms. The molecule has 0 unspecified atom stereocenters. The quantitative estimate of drug-likeness (QED) is 0.362. The van der Waals surface area contributed by atoms with E-state index < -0.39 is 17.6 Å². The summed E-state index contributed by atoms with van der Waals surface area (Å²) in [6.45, 7) is 0. The first-order chi connectivity index (χ1) is 13.9. The molecule has 0 aliphatic carbocycles. The van der Waals surface area contributed by atoms with Crippen molar-refractivity contribution in [3.8, 4) is 5.75 Å². The highest BCUT2D eigenvalue weighted by Crippen LogP contribution is 2.42. The van der Waals surface area contributed by atoms with Crippen molar-refractivity contribution in [3.63, 3.8) is 0 Å². The summed E-state index contributed by atoms with van der Waals surface area (Å²) >= 11 is 13.3. The molecule has 4 rings (SSSR count). The van der Waals surface area contributed by atoms with E-state index in [4.69, 9.17) is 27.6 Å². The van der Waals surface area contributed by atoms with Crippen LogP contribution in [0.1, 0.15) is 34.4 Å². The van der Waals surface area contributed by atoms with Crippen molar-refractivity contribution >= 4 is 45.5 Å². The predicted octanol–water partition coefficient (Wildman–Crippen LogP) is 6.12. The van der Waals surface area contributed by atoms with Gasteiger partial charge >= 0.3 is 5.63 Å². The van der Waals surface area contributed by atoms with Crippen LogP contribution in [0.2, 0.25) is 9.36 Å². The van der Waals surface area contributed by atoms with E-state index >= 15 is 0 Å². The zero-order valence-electron chi connectivity index (χ0n) is 15.0. The Kier molecular flexibility index (Phi) is 5.65. The van der Waals surface area contributed by atoms with Crippen molar-refractivity contribution < 1.29 is 14.6 Å². The SMILES string of the molecule is O=c1oc2ccccc2c(O)c1[C@@H](C[C@@H](O)c1ccc(Cl)cc1)c1ccc(Cl)s1. The fraction of sp³-hybridized carbons (Fsp3) is 0.136. The first-order valence-corrected chi connectivity index (χ1v) is 10.4. The van der Waals surface area contributed by atoms with Crippen molar-refractivity contribution in [1.29, 1.82) is 0 Å². The van der Waals surface area contributed by atoms with Crippen LogP contribution in [0.25, 0.3) is 11.0 Å². The summed E-state index contributed by atoms with van der Waals surface area (Å²) in [4.78, 5) is 13.5. The van der Waals surface area contributed by atoms with Crippen LogP contribution in [0.4, 0.5) is 0 Å². The number of benzene rings is 2.